The maximum Gasteiger partial charge on any atom is 0.362 e. The first-order valence-electron chi connectivity index (χ1n) is 11.4. The van der Waals surface area contributed by atoms with Crippen molar-refractivity contribution in [3.8, 4) is 11.5 Å². The van der Waals surface area contributed by atoms with Crippen LogP contribution in [0.1, 0.15) is 10.5 Å². The highest BCUT2D eigenvalue weighted by molar-refractivity contribution is 5.90. The Morgan fingerprint density at radius 1 is 1.00 bits per heavy atom. The summed E-state index contributed by atoms with van der Waals surface area (Å²) in [5.41, 5.74) is 1.16. The minimum atomic E-state index is -0.515. The summed E-state index contributed by atoms with van der Waals surface area (Å²) in [6.45, 7) is 7.31. The molecule has 0 atom stereocenters. The van der Waals surface area contributed by atoms with Crippen LogP contribution in [0.25, 0.3) is 0 Å². The smallest absolute Gasteiger partial charge is 0.362 e. The Balaban J connectivity index is 1.49. The van der Waals surface area contributed by atoms with Gasteiger partial charge in [-0.2, -0.15) is 0 Å². The third-order valence-corrected chi connectivity index (χ3v) is 5.65. The largest absolute Gasteiger partial charge is 0.492 e. The molecule has 2 aromatic rings. The van der Waals surface area contributed by atoms with Gasteiger partial charge in [-0.05, 0) is 12.1 Å². The van der Waals surface area contributed by atoms with Crippen LogP contribution in [0.2, 0.25) is 0 Å². The molecular weight excluding hydrogens is 424 g/mol. The predicted molar refractivity (Wildman–Crippen MR) is 126 cm³/mol. The number of pyridine rings is 1. The molecule has 2 fully saturated rings. The fourth-order valence-electron chi connectivity index (χ4n) is 3.74. The predicted octanol–water partition coefficient (Wildman–Crippen LogP) is 1.91. The molecule has 2 saturated heterocycles. The minimum absolute atomic E-state index is 0.218. The molecule has 33 heavy (non-hydrogen) atoms. The van der Waals surface area contributed by atoms with Gasteiger partial charge in [-0.1, -0.05) is 6.07 Å². The summed E-state index contributed by atoms with van der Waals surface area (Å²) in [6.07, 6.45) is 0. The molecule has 0 N–H and O–H groups in total. The van der Waals surface area contributed by atoms with Gasteiger partial charge in [-0.15, -0.1) is 0 Å². The minimum Gasteiger partial charge on any atom is -0.492 e. The molecule has 0 aliphatic carbocycles. The SMILES string of the molecule is CN(C)c1cccc(OC(=O)c2cc(OCCN3CCOCC3)cc(N3CCOCC3)n2)c1. The summed E-state index contributed by atoms with van der Waals surface area (Å²) in [6, 6.07) is 10.9. The second kappa shape index (κ2) is 11.3. The van der Waals surface area contributed by atoms with Gasteiger partial charge in [0, 0.05) is 70.7 Å². The van der Waals surface area contributed by atoms with E-state index in [1.165, 1.54) is 0 Å². The lowest BCUT2D eigenvalue weighted by molar-refractivity contribution is 0.0322. The van der Waals surface area contributed by atoms with Gasteiger partial charge in [0.1, 0.15) is 23.9 Å². The third kappa shape index (κ3) is 6.56. The van der Waals surface area contributed by atoms with Gasteiger partial charge in [-0.3, -0.25) is 4.90 Å². The maximum absolute atomic E-state index is 13.0. The lowest BCUT2D eigenvalue weighted by Gasteiger charge is -2.28. The van der Waals surface area contributed by atoms with E-state index in [9.17, 15) is 4.79 Å². The van der Waals surface area contributed by atoms with E-state index in [2.05, 4.69) is 14.8 Å². The molecule has 0 bridgehead atoms. The van der Waals surface area contributed by atoms with Crippen molar-refractivity contribution in [1.29, 1.82) is 0 Å². The monoisotopic (exact) mass is 456 g/mol. The van der Waals surface area contributed by atoms with E-state index in [1.807, 2.05) is 43.3 Å². The molecule has 178 valence electrons. The Kier molecular flexibility index (Phi) is 7.98. The standard InChI is InChI=1S/C24H32N4O5/c1-26(2)19-4-3-5-20(16-19)33-24(29)22-17-21(32-15-8-27-6-11-30-12-7-27)18-23(25-22)28-9-13-31-14-10-28/h3-5,16-18H,6-15H2,1-2H3. The number of esters is 1. The molecule has 9 nitrogen and oxygen atoms in total. The third-order valence-electron chi connectivity index (χ3n) is 5.65. The summed E-state index contributed by atoms with van der Waals surface area (Å²) in [7, 11) is 3.88. The number of carbonyl (C=O) groups excluding carboxylic acids is 1. The molecule has 9 heteroatoms. The summed E-state index contributed by atoms with van der Waals surface area (Å²) >= 11 is 0. The normalized spacial score (nSPS) is 17.0. The van der Waals surface area contributed by atoms with Crippen molar-refractivity contribution in [3.05, 3.63) is 42.1 Å². The van der Waals surface area contributed by atoms with Crippen LogP contribution in [0.15, 0.2) is 36.4 Å². The first-order valence-corrected chi connectivity index (χ1v) is 11.4. The topological polar surface area (TPSA) is 76.6 Å². The van der Waals surface area contributed by atoms with E-state index in [0.717, 1.165) is 38.5 Å². The van der Waals surface area contributed by atoms with E-state index in [0.29, 0.717) is 50.2 Å². The fraction of sp³-hybridized carbons (Fsp3) is 0.500. The van der Waals surface area contributed by atoms with Crippen LogP contribution in [0.4, 0.5) is 11.5 Å². The highest BCUT2D eigenvalue weighted by Crippen LogP contribution is 2.24. The summed E-state index contributed by atoms with van der Waals surface area (Å²) < 4.78 is 22.5. The van der Waals surface area contributed by atoms with E-state index in [-0.39, 0.29) is 5.69 Å². The molecule has 1 aromatic heterocycles. The van der Waals surface area contributed by atoms with Crippen molar-refractivity contribution < 1.29 is 23.7 Å². The lowest BCUT2D eigenvalue weighted by Crippen LogP contribution is -2.38. The maximum atomic E-state index is 13.0. The molecule has 2 aliphatic heterocycles. The number of benzene rings is 1. The average molecular weight is 457 g/mol. The average Bonchev–Trinajstić information content (AvgIpc) is 2.85. The highest BCUT2D eigenvalue weighted by atomic mass is 16.5. The van der Waals surface area contributed by atoms with Gasteiger partial charge < -0.3 is 28.7 Å². The molecule has 0 amide bonds. The number of carbonyl (C=O) groups is 1. The summed E-state index contributed by atoms with van der Waals surface area (Å²) in [5.74, 6) is 1.25. The molecule has 4 rings (SSSR count). The molecule has 0 saturated carbocycles. The zero-order chi connectivity index (χ0) is 23.0. The van der Waals surface area contributed by atoms with Crippen molar-refractivity contribution in [2.45, 2.75) is 0 Å². The number of aromatic nitrogens is 1. The number of anilines is 2. The van der Waals surface area contributed by atoms with Gasteiger partial charge in [0.2, 0.25) is 0 Å². The van der Waals surface area contributed by atoms with Gasteiger partial charge >= 0.3 is 5.97 Å². The Hall–Kier alpha value is -2.88. The van der Waals surface area contributed by atoms with Crippen molar-refractivity contribution >= 4 is 17.5 Å². The van der Waals surface area contributed by atoms with Crippen molar-refractivity contribution in [3.63, 3.8) is 0 Å². The summed E-state index contributed by atoms with van der Waals surface area (Å²) in [5, 5.41) is 0. The fourth-order valence-corrected chi connectivity index (χ4v) is 3.74. The van der Waals surface area contributed by atoms with Crippen LogP contribution in [0.5, 0.6) is 11.5 Å². The van der Waals surface area contributed by atoms with E-state index in [1.54, 1.807) is 12.1 Å². The summed E-state index contributed by atoms with van der Waals surface area (Å²) in [4.78, 5) is 23.9. The lowest BCUT2D eigenvalue weighted by atomic mass is 10.2. The zero-order valence-electron chi connectivity index (χ0n) is 19.4. The van der Waals surface area contributed by atoms with Gasteiger partial charge in [0.15, 0.2) is 5.69 Å². The van der Waals surface area contributed by atoms with Crippen LogP contribution in [0.3, 0.4) is 0 Å². The quantitative estimate of drug-likeness (QED) is 0.437. The second-order valence-corrected chi connectivity index (χ2v) is 8.23. The second-order valence-electron chi connectivity index (χ2n) is 8.23. The van der Waals surface area contributed by atoms with E-state index < -0.39 is 5.97 Å². The van der Waals surface area contributed by atoms with Crippen molar-refractivity contribution in [2.24, 2.45) is 0 Å². The Morgan fingerprint density at radius 3 is 2.45 bits per heavy atom. The van der Waals surface area contributed by atoms with Crippen LogP contribution in [-0.2, 0) is 9.47 Å². The molecule has 0 radical (unpaired) electrons. The molecule has 0 spiro atoms. The van der Waals surface area contributed by atoms with Crippen LogP contribution in [-0.4, -0.2) is 95.7 Å². The van der Waals surface area contributed by atoms with E-state index >= 15 is 0 Å². The first kappa shape index (κ1) is 23.3. The first-order chi connectivity index (χ1) is 16.1. The number of rotatable bonds is 8. The van der Waals surface area contributed by atoms with Gasteiger partial charge in [0.25, 0.3) is 0 Å². The number of hydrogen-bond donors (Lipinski definition) is 0. The molecule has 3 heterocycles. The van der Waals surface area contributed by atoms with E-state index in [4.69, 9.17) is 18.9 Å². The van der Waals surface area contributed by atoms with Crippen molar-refractivity contribution in [1.82, 2.24) is 9.88 Å². The Bertz CT molecular complexity index is 927. The van der Waals surface area contributed by atoms with Gasteiger partial charge in [0.05, 0.1) is 26.4 Å². The number of morpholine rings is 2. The Labute approximate surface area is 194 Å². The Morgan fingerprint density at radius 2 is 1.73 bits per heavy atom. The number of ether oxygens (including phenoxy) is 4. The highest BCUT2D eigenvalue weighted by Gasteiger charge is 2.19. The van der Waals surface area contributed by atoms with Crippen molar-refractivity contribution in [2.75, 3.05) is 89.7 Å². The zero-order valence-corrected chi connectivity index (χ0v) is 19.4. The number of nitrogens with zero attached hydrogens (tertiary/aromatic N) is 4. The molecular formula is C24H32N4O5. The molecule has 1 aromatic carbocycles. The van der Waals surface area contributed by atoms with Crippen LogP contribution >= 0.6 is 0 Å². The van der Waals surface area contributed by atoms with Crippen LogP contribution < -0.4 is 19.3 Å². The van der Waals surface area contributed by atoms with Crippen LogP contribution in [0, 0.1) is 0 Å². The molecule has 0 unspecified atom stereocenters. The molecule has 2 aliphatic rings. The number of hydrogen-bond acceptors (Lipinski definition) is 9. The van der Waals surface area contributed by atoms with Gasteiger partial charge in [-0.25, -0.2) is 9.78 Å².